The molecule has 0 bridgehead atoms. The number of benzene rings is 1. The average molecular weight is 361 g/mol. The normalized spacial score (nSPS) is 16.5. The molecule has 26 heavy (non-hydrogen) atoms. The van der Waals surface area contributed by atoms with Gasteiger partial charge in [0, 0.05) is 25.7 Å². The van der Waals surface area contributed by atoms with E-state index in [-0.39, 0.29) is 30.0 Å². The van der Waals surface area contributed by atoms with E-state index in [0.717, 1.165) is 12.2 Å². The summed E-state index contributed by atoms with van der Waals surface area (Å²) >= 11 is 0. The third kappa shape index (κ3) is 3.81. The first-order valence-electron chi connectivity index (χ1n) is 8.77. The van der Waals surface area contributed by atoms with Gasteiger partial charge in [0.1, 0.15) is 12.4 Å². The van der Waals surface area contributed by atoms with E-state index in [2.05, 4.69) is 11.9 Å². The second-order valence-corrected chi connectivity index (χ2v) is 6.86. The van der Waals surface area contributed by atoms with Crippen LogP contribution in [0.25, 0.3) is 0 Å². The molecule has 1 aromatic carbocycles. The van der Waals surface area contributed by atoms with Crippen molar-refractivity contribution in [1.29, 1.82) is 0 Å². The number of fused-ring (bicyclic) bond motifs is 1. The minimum absolute atomic E-state index is 0.0985. The Labute approximate surface area is 152 Å². The first-order chi connectivity index (χ1) is 12.3. The average Bonchev–Trinajstić information content (AvgIpc) is 2.58. The van der Waals surface area contributed by atoms with Gasteiger partial charge in [-0.25, -0.2) is 9.18 Å². The largest absolute Gasteiger partial charge is 0.488 e. The third-order valence-corrected chi connectivity index (χ3v) is 4.50. The van der Waals surface area contributed by atoms with Crippen molar-refractivity contribution in [2.24, 2.45) is 0 Å². The highest BCUT2D eigenvalue weighted by Gasteiger charge is 2.22. The number of halogens is 1. The summed E-state index contributed by atoms with van der Waals surface area (Å²) in [6.45, 7) is 6.56. The summed E-state index contributed by atoms with van der Waals surface area (Å²) in [6, 6.07) is 6.78. The van der Waals surface area contributed by atoms with Crippen molar-refractivity contribution in [2.75, 3.05) is 11.9 Å². The highest BCUT2D eigenvalue weighted by Crippen LogP contribution is 2.25. The van der Waals surface area contributed by atoms with E-state index < -0.39 is 5.82 Å². The number of nitrogens with zero attached hydrogens (tertiary/aromatic N) is 3. The molecule has 6 nitrogen and oxygen atoms in total. The Hall–Kier alpha value is -2.57. The van der Waals surface area contributed by atoms with Crippen LogP contribution in [-0.2, 0) is 13.2 Å². The van der Waals surface area contributed by atoms with Crippen LogP contribution in [0.5, 0.6) is 11.6 Å². The van der Waals surface area contributed by atoms with Crippen molar-refractivity contribution < 1.29 is 13.9 Å². The third-order valence-electron chi connectivity index (χ3n) is 4.50. The molecular formula is C19H24FN3O3. The topological polar surface area (TPSA) is 56.6 Å². The van der Waals surface area contributed by atoms with Crippen LogP contribution >= 0.6 is 0 Å². The number of aromatic nitrogens is 2. The second kappa shape index (κ2) is 7.35. The summed E-state index contributed by atoms with van der Waals surface area (Å²) < 4.78 is 26.7. The highest BCUT2D eigenvalue weighted by molar-refractivity contribution is 5.44. The van der Waals surface area contributed by atoms with Crippen molar-refractivity contribution in [3.8, 4) is 11.6 Å². The van der Waals surface area contributed by atoms with Crippen LogP contribution in [0, 0.1) is 5.82 Å². The minimum atomic E-state index is -0.438. The molecule has 7 heteroatoms. The van der Waals surface area contributed by atoms with Gasteiger partial charge in [0.05, 0.1) is 6.10 Å². The number of ether oxygens (including phenoxy) is 2. The number of anilines is 1. The highest BCUT2D eigenvalue weighted by atomic mass is 19.1. The fourth-order valence-corrected chi connectivity index (χ4v) is 2.93. The molecule has 3 rings (SSSR count). The van der Waals surface area contributed by atoms with Gasteiger partial charge in [-0.05, 0) is 44.9 Å². The number of rotatable bonds is 5. The molecule has 2 aromatic rings. The van der Waals surface area contributed by atoms with Gasteiger partial charge in [-0.2, -0.15) is 4.98 Å². The van der Waals surface area contributed by atoms with Gasteiger partial charge in [-0.3, -0.25) is 4.57 Å². The molecule has 1 aliphatic heterocycles. The predicted octanol–water partition coefficient (Wildman–Crippen LogP) is 2.98. The SMILES string of the molecule is CC(C)Oc1ccc(COc2cc3n(c(=O)n2)CC[C@H](C)N3C)cc1F. The summed E-state index contributed by atoms with van der Waals surface area (Å²) in [5.74, 6) is 0.798. The summed E-state index contributed by atoms with van der Waals surface area (Å²) in [4.78, 5) is 18.2. The summed E-state index contributed by atoms with van der Waals surface area (Å²) in [5.41, 5.74) is 0.308. The molecule has 0 fully saturated rings. The molecule has 0 amide bonds. The lowest BCUT2D eigenvalue weighted by Crippen LogP contribution is -2.41. The Bertz CT molecular complexity index is 850. The molecule has 0 N–H and O–H groups in total. The van der Waals surface area contributed by atoms with Crippen LogP contribution < -0.4 is 20.1 Å². The van der Waals surface area contributed by atoms with Gasteiger partial charge >= 0.3 is 5.69 Å². The molecule has 1 atom stereocenters. The Morgan fingerprint density at radius 3 is 2.81 bits per heavy atom. The Balaban J connectivity index is 1.75. The molecule has 0 radical (unpaired) electrons. The van der Waals surface area contributed by atoms with Gasteiger partial charge in [0.25, 0.3) is 0 Å². The van der Waals surface area contributed by atoms with Crippen molar-refractivity contribution >= 4 is 5.82 Å². The van der Waals surface area contributed by atoms with E-state index in [1.807, 2.05) is 25.8 Å². The van der Waals surface area contributed by atoms with Crippen LogP contribution in [0.2, 0.25) is 0 Å². The predicted molar refractivity (Wildman–Crippen MR) is 97.5 cm³/mol. The standard InChI is InChI=1S/C19H24FN3O3/c1-12(2)26-16-6-5-14(9-15(16)20)11-25-17-10-18-22(4)13(3)7-8-23(18)19(24)21-17/h5-6,9-10,12-13H,7-8,11H2,1-4H3/t13-/m0/s1. The molecule has 140 valence electrons. The smallest absolute Gasteiger partial charge is 0.352 e. The molecule has 0 saturated carbocycles. The summed E-state index contributed by atoms with van der Waals surface area (Å²) in [7, 11) is 1.95. The van der Waals surface area contributed by atoms with E-state index in [1.54, 1.807) is 22.8 Å². The van der Waals surface area contributed by atoms with E-state index in [4.69, 9.17) is 9.47 Å². The Kier molecular flexibility index (Phi) is 5.15. The molecule has 1 aromatic heterocycles. The van der Waals surface area contributed by atoms with Crippen LogP contribution in [0.15, 0.2) is 29.1 Å². The fraction of sp³-hybridized carbons (Fsp3) is 0.474. The van der Waals surface area contributed by atoms with Crippen LogP contribution in [0.3, 0.4) is 0 Å². The Morgan fingerprint density at radius 2 is 2.12 bits per heavy atom. The van der Waals surface area contributed by atoms with Crippen LogP contribution in [-0.4, -0.2) is 28.7 Å². The van der Waals surface area contributed by atoms with Crippen molar-refractivity contribution in [3.05, 3.63) is 46.1 Å². The fourth-order valence-electron chi connectivity index (χ4n) is 2.93. The zero-order valence-corrected chi connectivity index (χ0v) is 15.5. The van der Waals surface area contributed by atoms with E-state index in [1.165, 1.54) is 6.07 Å². The minimum Gasteiger partial charge on any atom is -0.488 e. The molecule has 0 saturated heterocycles. The zero-order valence-electron chi connectivity index (χ0n) is 15.5. The molecule has 0 spiro atoms. The Morgan fingerprint density at radius 1 is 1.35 bits per heavy atom. The summed E-state index contributed by atoms with van der Waals surface area (Å²) in [5, 5.41) is 0. The van der Waals surface area contributed by atoms with E-state index in [9.17, 15) is 9.18 Å². The summed E-state index contributed by atoms with van der Waals surface area (Å²) in [6.07, 6.45) is 0.800. The van der Waals surface area contributed by atoms with Crippen molar-refractivity contribution in [2.45, 2.75) is 52.5 Å². The molecule has 0 unspecified atom stereocenters. The molecule has 0 aliphatic carbocycles. The van der Waals surface area contributed by atoms with Crippen molar-refractivity contribution in [3.63, 3.8) is 0 Å². The zero-order chi connectivity index (χ0) is 18.8. The van der Waals surface area contributed by atoms with Gasteiger partial charge in [-0.15, -0.1) is 0 Å². The molecule has 2 heterocycles. The maximum absolute atomic E-state index is 14.1. The molecular weight excluding hydrogens is 337 g/mol. The maximum Gasteiger partial charge on any atom is 0.352 e. The van der Waals surface area contributed by atoms with Crippen LogP contribution in [0.1, 0.15) is 32.8 Å². The lowest BCUT2D eigenvalue weighted by molar-refractivity contribution is 0.230. The molecule has 1 aliphatic rings. The lowest BCUT2D eigenvalue weighted by Gasteiger charge is -2.34. The van der Waals surface area contributed by atoms with Crippen molar-refractivity contribution in [1.82, 2.24) is 9.55 Å². The first kappa shape index (κ1) is 18.2. The van der Waals surface area contributed by atoms with Gasteiger partial charge in [0.2, 0.25) is 5.88 Å². The quantitative estimate of drug-likeness (QED) is 0.819. The van der Waals surface area contributed by atoms with Gasteiger partial charge in [-0.1, -0.05) is 6.07 Å². The monoisotopic (exact) mass is 361 g/mol. The second-order valence-electron chi connectivity index (χ2n) is 6.86. The first-order valence-corrected chi connectivity index (χ1v) is 8.77. The lowest BCUT2D eigenvalue weighted by atomic mass is 10.1. The number of hydrogen-bond donors (Lipinski definition) is 0. The van der Waals surface area contributed by atoms with Gasteiger partial charge < -0.3 is 14.4 Å². The maximum atomic E-state index is 14.1. The number of hydrogen-bond acceptors (Lipinski definition) is 5. The van der Waals surface area contributed by atoms with E-state index in [0.29, 0.717) is 18.2 Å². The van der Waals surface area contributed by atoms with Crippen LogP contribution in [0.4, 0.5) is 10.2 Å². The van der Waals surface area contributed by atoms with E-state index >= 15 is 0 Å². The van der Waals surface area contributed by atoms with Gasteiger partial charge in [0.15, 0.2) is 11.6 Å².